The quantitative estimate of drug-likeness (QED) is 0.0435. The van der Waals surface area contributed by atoms with E-state index in [0.717, 1.165) is 26.9 Å². The molecule has 2 atom stereocenters. The van der Waals surface area contributed by atoms with Crippen LogP contribution in [0.5, 0.6) is 0 Å². The summed E-state index contributed by atoms with van der Waals surface area (Å²) >= 11 is 3.77. The van der Waals surface area contributed by atoms with E-state index in [-0.39, 0.29) is 46.9 Å². The van der Waals surface area contributed by atoms with Crippen LogP contribution in [0.15, 0.2) is 56.8 Å². The number of nitrogens with two attached hydrogens (primary N) is 3. The van der Waals surface area contributed by atoms with Gasteiger partial charge in [0.2, 0.25) is 11.5 Å². The molecule has 0 unspecified atom stereocenters. The number of rotatable bonds is 13. The minimum absolute atomic E-state index is 0.0675. The topological polar surface area (TPSA) is 266 Å². The number of nitrogens with zero attached hydrogens (tertiary/aromatic N) is 8. The van der Waals surface area contributed by atoms with E-state index >= 15 is 0 Å². The Morgan fingerprint density at radius 3 is 2.65 bits per heavy atom. The van der Waals surface area contributed by atoms with Gasteiger partial charge in [-0.1, -0.05) is 5.16 Å². The maximum absolute atomic E-state index is 13.5. The summed E-state index contributed by atoms with van der Waals surface area (Å²) < 4.78 is 5.62. The number of thioether (sulfide) groups is 1. The zero-order valence-electron chi connectivity index (χ0n) is 25.9. The Morgan fingerprint density at radius 1 is 1.20 bits per heavy atom. The van der Waals surface area contributed by atoms with Crippen LogP contribution >= 0.6 is 34.4 Å². The Labute approximate surface area is 289 Å². The molecule has 0 radical (unpaired) electrons. The highest BCUT2D eigenvalue weighted by molar-refractivity contribution is 8.00. The Kier molecular flexibility index (Phi) is 8.90. The van der Waals surface area contributed by atoms with E-state index in [1.165, 1.54) is 42.3 Å². The number of oxime groups is 1. The van der Waals surface area contributed by atoms with Crippen LogP contribution in [0.25, 0.3) is 5.65 Å². The number of aliphatic imine (C=N–C) groups is 1. The number of hydrogen-bond acceptors (Lipinski definition) is 14. The van der Waals surface area contributed by atoms with Gasteiger partial charge in [-0.25, -0.2) is 24.0 Å². The molecule has 7 N–H and O–H groups in total. The fraction of sp³-hybridized carbons (Fsp3) is 0.321. The van der Waals surface area contributed by atoms with Crippen molar-refractivity contribution in [2.24, 2.45) is 27.5 Å². The van der Waals surface area contributed by atoms with Gasteiger partial charge in [0.05, 0.1) is 41.8 Å². The average Bonchev–Trinajstić information content (AvgIpc) is 3.83. The number of hydrogen-bond donors (Lipinski definition) is 4. The molecular formula is C28H29N11O7S3. The van der Waals surface area contributed by atoms with Crippen LogP contribution in [0.4, 0.5) is 10.9 Å². The van der Waals surface area contributed by atoms with Crippen LogP contribution in [-0.2, 0) is 37.1 Å². The largest absolute Gasteiger partial charge is 0.543 e. The molecule has 0 saturated carbocycles. The standard InChI is InChI=1S/C28H29N11O7S3/c1-28(2,25(44)45)46-35-20(15-11-49-27(31)32-15)16(40)7-14-22(41)39-21(24(42)43)13(10-48-23(14)39)8-37-4-3-19-36(5-6-38(19)37)9-18-33-17(12-47-18)34-26(29)30/h3-6,11-12,14,23H,7-10H2,1-2H3,(H7-,29,30,31,32,34,42,43,44,45)/b35-20-/t14-,23-/m1/s1. The molecule has 6 rings (SSSR count). The number of thiazole rings is 2. The van der Waals surface area contributed by atoms with Crippen molar-refractivity contribution in [2.45, 2.75) is 44.3 Å². The Morgan fingerprint density at radius 2 is 1.98 bits per heavy atom. The summed E-state index contributed by atoms with van der Waals surface area (Å²) in [6.07, 6.45) is 5.14. The molecule has 2 aliphatic heterocycles. The minimum atomic E-state index is -1.76. The normalized spacial score (nSPS) is 18.0. The second kappa shape index (κ2) is 13.0. The van der Waals surface area contributed by atoms with Crippen molar-refractivity contribution in [3.8, 4) is 0 Å². The van der Waals surface area contributed by atoms with Crippen LogP contribution in [-0.4, -0.2) is 81.2 Å². The molecule has 18 nitrogen and oxygen atoms in total. The first-order chi connectivity index (χ1) is 23.2. The summed E-state index contributed by atoms with van der Waals surface area (Å²) in [5.74, 6) is -4.30. The number of aliphatic carboxylic acids is 2. The summed E-state index contributed by atoms with van der Waals surface area (Å²) in [5, 5.41) is 29.1. The molecule has 6 heterocycles. The summed E-state index contributed by atoms with van der Waals surface area (Å²) in [6.45, 7) is 3.12. The average molecular weight is 728 g/mol. The zero-order valence-corrected chi connectivity index (χ0v) is 28.3. The highest BCUT2D eigenvalue weighted by atomic mass is 32.2. The van der Waals surface area contributed by atoms with Crippen molar-refractivity contribution >= 4 is 86.3 Å². The molecule has 0 spiro atoms. The van der Waals surface area contributed by atoms with Gasteiger partial charge < -0.3 is 37.0 Å². The molecule has 21 heteroatoms. The molecule has 0 aliphatic carbocycles. The highest BCUT2D eigenvalue weighted by Crippen LogP contribution is 2.45. The van der Waals surface area contributed by atoms with Crippen LogP contribution in [0.1, 0.15) is 31.0 Å². The molecule has 1 fully saturated rings. The molecule has 256 valence electrons. The fourth-order valence-electron chi connectivity index (χ4n) is 5.26. The van der Waals surface area contributed by atoms with Crippen molar-refractivity contribution in [1.29, 1.82) is 0 Å². The lowest BCUT2D eigenvalue weighted by Crippen LogP contribution is -2.63. The lowest BCUT2D eigenvalue weighted by Gasteiger charge is -2.50. The second-order valence-corrected chi connectivity index (χ2v) is 14.4. The third-order valence-corrected chi connectivity index (χ3v) is 10.6. The molecule has 0 bridgehead atoms. The summed E-state index contributed by atoms with van der Waals surface area (Å²) in [5.41, 5.74) is 15.7. The monoisotopic (exact) mass is 727 g/mol. The maximum atomic E-state index is 13.5. The van der Waals surface area contributed by atoms with Gasteiger partial charge in [0.25, 0.3) is 0 Å². The molecule has 2 aliphatic rings. The van der Waals surface area contributed by atoms with Crippen LogP contribution in [0.2, 0.25) is 0 Å². The van der Waals surface area contributed by atoms with Crippen molar-refractivity contribution in [3.63, 3.8) is 0 Å². The molecule has 0 aromatic carbocycles. The smallest absolute Gasteiger partial charge is 0.350 e. The van der Waals surface area contributed by atoms with E-state index in [4.69, 9.17) is 22.0 Å². The summed E-state index contributed by atoms with van der Waals surface area (Å²) in [6, 6.07) is 1.87. The van der Waals surface area contributed by atoms with E-state index in [9.17, 15) is 29.4 Å². The third-order valence-electron chi connectivity index (χ3n) is 7.70. The number of carbonyl (C=O) groups is 4. The van der Waals surface area contributed by atoms with E-state index in [1.54, 1.807) is 11.6 Å². The molecule has 1 saturated heterocycles. The van der Waals surface area contributed by atoms with Gasteiger partial charge in [0, 0.05) is 22.9 Å². The number of imidazole rings is 1. The Bertz CT molecular complexity index is 2090. The minimum Gasteiger partial charge on any atom is -0.543 e. The van der Waals surface area contributed by atoms with Crippen molar-refractivity contribution < 1.29 is 38.8 Å². The number of carboxylic acid groups (broad SMARTS) is 2. The van der Waals surface area contributed by atoms with Gasteiger partial charge in [0.1, 0.15) is 23.4 Å². The zero-order chi connectivity index (χ0) is 35.2. The van der Waals surface area contributed by atoms with Crippen molar-refractivity contribution in [2.75, 3.05) is 11.5 Å². The van der Waals surface area contributed by atoms with Gasteiger partial charge in [-0.05, 0) is 19.4 Å². The fourth-order valence-corrected chi connectivity index (χ4v) is 7.92. The highest BCUT2D eigenvalue weighted by Gasteiger charge is 2.53. The molecule has 49 heavy (non-hydrogen) atoms. The lowest BCUT2D eigenvalue weighted by molar-refractivity contribution is -0.661. The number of anilines is 1. The van der Waals surface area contributed by atoms with E-state index in [0.29, 0.717) is 17.9 Å². The van der Waals surface area contributed by atoms with Crippen LogP contribution in [0, 0.1) is 5.92 Å². The third kappa shape index (κ3) is 6.58. The summed E-state index contributed by atoms with van der Waals surface area (Å²) in [7, 11) is 0. The second-order valence-electron chi connectivity index (χ2n) is 11.5. The Balaban J connectivity index is 1.19. The maximum Gasteiger partial charge on any atom is 0.350 e. The number of carbonyl (C=O) groups excluding carboxylic acids is 3. The summed E-state index contributed by atoms with van der Waals surface area (Å²) in [4.78, 5) is 69.6. The number of amides is 1. The van der Waals surface area contributed by atoms with Crippen LogP contribution < -0.4 is 26.9 Å². The first-order valence-corrected chi connectivity index (χ1v) is 17.3. The number of ketones is 1. The molecular weight excluding hydrogens is 699 g/mol. The first-order valence-electron chi connectivity index (χ1n) is 14.5. The van der Waals surface area contributed by atoms with Gasteiger partial charge >= 0.3 is 11.6 Å². The lowest BCUT2D eigenvalue weighted by atomic mass is 9.89. The Hall–Kier alpha value is -5.28. The van der Waals surface area contributed by atoms with E-state index < -0.39 is 40.5 Å². The molecule has 1 amide bonds. The number of β-lactam (4-membered cyclic amide) rings is 1. The first kappa shape index (κ1) is 33.6. The predicted molar refractivity (Wildman–Crippen MR) is 176 cm³/mol. The number of nitrogen functional groups attached to an aromatic ring is 1. The number of carboxylic acids is 2. The SMILES string of the molecule is CC(C)(O/N=C(\C(=O)C[C@@H]1C(=O)N2C(C(=O)[O-])=C(Cn3ccc4n3cc[n+]4Cc3nc(N=C(N)N)cs3)CS[C@H]12)c1csc(N)n1)C(=O)O. The van der Waals surface area contributed by atoms with Crippen molar-refractivity contribution in [1.82, 2.24) is 24.1 Å². The number of guanidine groups is 1. The van der Waals surface area contributed by atoms with E-state index in [1.807, 2.05) is 32.2 Å². The van der Waals surface area contributed by atoms with E-state index in [2.05, 4.69) is 20.1 Å². The van der Waals surface area contributed by atoms with Gasteiger partial charge in [-0.15, -0.1) is 39.0 Å². The number of Topliss-reactive ketones (excluding diaryl/α,β-unsaturated/α-hetero) is 1. The van der Waals surface area contributed by atoms with Crippen LogP contribution in [0.3, 0.4) is 0 Å². The van der Waals surface area contributed by atoms with Gasteiger partial charge in [-0.2, -0.15) is 4.99 Å². The van der Waals surface area contributed by atoms with Gasteiger partial charge in [0.15, 0.2) is 34.6 Å². The predicted octanol–water partition coefficient (Wildman–Crippen LogP) is -0.745. The molecule has 4 aromatic heterocycles. The number of aromatic nitrogens is 5. The van der Waals surface area contributed by atoms with Gasteiger partial charge in [-0.3, -0.25) is 14.5 Å². The van der Waals surface area contributed by atoms with Crippen molar-refractivity contribution in [3.05, 3.63) is 57.4 Å². The molecule has 4 aromatic rings. The number of fused-ring (bicyclic) bond motifs is 2.